The zero-order valence-electron chi connectivity index (χ0n) is 13.8. The Bertz CT molecular complexity index is 666. The largest absolute Gasteiger partial charge is 0.341 e. The van der Waals surface area contributed by atoms with Gasteiger partial charge < -0.3 is 10.2 Å². The van der Waals surface area contributed by atoms with E-state index in [1.807, 2.05) is 7.05 Å². The van der Waals surface area contributed by atoms with Gasteiger partial charge in [0.25, 0.3) is 0 Å². The van der Waals surface area contributed by atoms with E-state index < -0.39 is 15.8 Å². The predicted octanol–water partition coefficient (Wildman–Crippen LogP) is 1.09. The van der Waals surface area contributed by atoms with Crippen LogP contribution in [0.15, 0.2) is 29.2 Å². The van der Waals surface area contributed by atoms with E-state index in [-0.39, 0.29) is 16.8 Å². The molecular weight excluding hydrogens is 333 g/mol. The lowest BCUT2D eigenvalue weighted by Gasteiger charge is -2.33. The molecule has 1 amide bonds. The normalized spacial score (nSPS) is 18.6. The van der Waals surface area contributed by atoms with Gasteiger partial charge in [-0.1, -0.05) is 6.07 Å². The van der Waals surface area contributed by atoms with E-state index in [9.17, 15) is 17.6 Å². The quantitative estimate of drug-likeness (QED) is 0.716. The van der Waals surface area contributed by atoms with E-state index >= 15 is 0 Å². The number of nitrogens with zero attached hydrogens (tertiary/aromatic N) is 1. The summed E-state index contributed by atoms with van der Waals surface area (Å²) in [4.78, 5) is 13.8. The predicted molar refractivity (Wildman–Crippen MR) is 89.5 cm³/mol. The molecule has 0 spiro atoms. The minimum Gasteiger partial charge on any atom is -0.341 e. The molecule has 0 saturated carbocycles. The fourth-order valence-electron chi connectivity index (χ4n) is 2.80. The van der Waals surface area contributed by atoms with Gasteiger partial charge in [0.1, 0.15) is 5.82 Å². The summed E-state index contributed by atoms with van der Waals surface area (Å²) in [6.45, 7) is 1.78. The topological polar surface area (TPSA) is 78.5 Å². The van der Waals surface area contributed by atoms with Gasteiger partial charge in [0.05, 0.1) is 4.90 Å². The number of carbonyl (C=O) groups is 1. The molecule has 1 aliphatic heterocycles. The Hall–Kier alpha value is -1.51. The van der Waals surface area contributed by atoms with Crippen molar-refractivity contribution in [2.45, 2.75) is 36.6 Å². The van der Waals surface area contributed by atoms with Crippen molar-refractivity contribution in [1.82, 2.24) is 14.9 Å². The molecule has 1 saturated heterocycles. The number of amides is 1. The SMILES string of the molecule is CNCCCC(=O)N1CCCC(NS(=O)(=O)c2cccc(F)c2)C1. The molecule has 1 heterocycles. The fraction of sp³-hybridized carbons (Fsp3) is 0.562. The Morgan fingerprint density at radius 3 is 2.92 bits per heavy atom. The van der Waals surface area contributed by atoms with Crippen LogP contribution in [0.5, 0.6) is 0 Å². The standard InChI is InChI=1S/C16H24FN3O3S/c1-18-9-3-8-16(21)20-10-4-6-14(12-20)19-24(22,23)15-7-2-5-13(17)11-15/h2,5,7,11,14,18-19H,3-4,6,8-10,12H2,1H3. The summed E-state index contributed by atoms with van der Waals surface area (Å²) < 4.78 is 40.5. The summed E-state index contributed by atoms with van der Waals surface area (Å²) in [5.74, 6) is -0.553. The highest BCUT2D eigenvalue weighted by Gasteiger charge is 2.27. The van der Waals surface area contributed by atoms with Crippen LogP contribution in [0.3, 0.4) is 0 Å². The Morgan fingerprint density at radius 2 is 2.21 bits per heavy atom. The van der Waals surface area contributed by atoms with Crippen LogP contribution in [0.2, 0.25) is 0 Å². The number of sulfonamides is 1. The van der Waals surface area contributed by atoms with Gasteiger partial charge in [0.2, 0.25) is 15.9 Å². The number of rotatable bonds is 7. The zero-order valence-corrected chi connectivity index (χ0v) is 14.6. The lowest BCUT2D eigenvalue weighted by Crippen LogP contribution is -2.49. The Labute approximate surface area is 142 Å². The molecule has 8 heteroatoms. The molecule has 0 aromatic heterocycles. The van der Waals surface area contributed by atoms with Crippen LogP contribution in [0.25, 0.3) is 0 Å². The Kier molecular flexibility index (Phi) is 6.70. The number of piperidine rings is 1. The van der Waals surface area contributed by atoms with Crippen molar-refractivity contribution in [3.63, 3.8) is 0 Å². The number of halogens is 1. The maximum atomic E-state index is 13.2. The van der Waals surface area contributed by atoms with Gasteiger partial charge in [-0.05, 0) is 51.1 Å². The van der Waals surface area contributed by atoms with Crippen molar-refractivity contribution < 1.29 is 17.6 Å². The summed E-state index contributed by atoms with van der Waals surface area (Å²) in [7, 11) is -1.95. The summed E-state index contributed by atoms with van der Waals surface area (Å²) in [5.41, 5.74) is 0. The molecule has 134 valence electrons. The Morgan fingerprint density at radius 1 is 1.42 bits per heavy atom. The molecule has 0 bridgehead atoms. The van der Waals surface area contributed by atoms with Crippen LogP contribution in [-0.2, 0) is 14.8 Å². The first-order valence-electron chi connectivity index (χ1n) is 8.12. The second-order valence-corrected chi connectivity index (χ2v) is 7.68. The molecule has 1 unspecified atom stereocenters. The average Bonchev–Trinajstić information content (AvgIpc) is 2.55. The first-order chi connectivity index (χ1) is 11.4. The highest BCUT2D eigenvalue weighted by Crippen LogP contribution is 2.16. The number of hydrogen-bond donors (Lipinski definition) is 2. The Balaban J connectivity index is 1.96. The van der Waals surface area contributed by atoms with E-state index in [0.29, 0.717) is 25.9 Å². The van der Waals surface area contributed by atoms with Crippen LogP contribution in [0.1, 0.15) is 25.7 Å². The first-order valence-corrected chi connectivity index (χ1v) is 9.61. The van der Waals surface area contributed by atoms with Gasteiger partial charge in [-0.3, -0.25) is 4.79 Å². The van der Waals surface area contributed by atoms with Gasteiger partial charge in [-0.2, -0.15) is 0 Å². The number of likely N-dealkylation sites (tertiary alicyclic amines) is 1. The molecule has 0 radical (unpaired) electrons. The van der Waals surface area contributed by atoms with E-state index in [1.54, 1.807) is 4.90 Å². The average molecular weight is 357 g/mol. The van der Waals surface area contributed by atoms with E-state index in [0.717, 1.165) is 25.5 Å². The van der Waals surface area contributed by atoms with E-state index in [2.05, 4.69) is 10.0 Å². The van der Waals surface area contributed by atoms with E-state index in [1.165, 1.54) is 18.2 Å². The third-order valence-corrected chi connectivity index (χ3v) is 5.54. The molecule has 6 nitrogen and oxygen atoms in total. The zero-order chi connectivity index (χ0) is 17.6. The maximum Gasteiger partial charge on any atom is 0.240 e. The lowest BCUT2D eigenvalue weighted by atomic mass is 10.1. The van der Waals surface area contributed by atoms with Crippen molar-refractivity contribution in [1.29, 1.82) is 0 Å². The second kappa shape index (κ2) is 8.55. The maximum absolute atomic E-state index is 13.2. The van der Waals surface area contributed by atoms with Crippen LogP contribution in [0, 0.1) is 5.82 Å². The van der Waals surface area contributed by atoms with Gasteiger partial charge in [-0.25, -0.2) is 17.5 Å². The molecule has 1 aliphatic rings. The molecule has 0 aliphatic carbocycles. The molecule has 1 atom stereocenters. The summed E-state index contributed by atoms with van der Waals surface area (Å²) >= 11 is 0. The number of nitrogens with one attached hydrogen (secondary N) is 2. The van der Waals surface area contributed by atoms with Gasteiger partial charge in [0.15, 0.2) is 0 Å². The van der Waals surface area contributed by atoms with Crippen molar-refractivity contribution in [3.05, 3.63) is 30.1 Å². The summed E-state index contributed by atoms with van der Waals surface area (Å²) in [6.07, 6.45) is 2.61. The molecule has 2 rings (SSSR count). The number of hydrogen-bond acceptors (Lipinski definition) is 4. The minimum absolute atomic E-state index is 0.0416. The second-order valence-electron chi connectivity index (χ2n) is 5.96. The smallest absolute Gasteiger partial charge is 0.240 e. The lowest BCUT2D eigenvalue weighted by molar-refractivity contribution is -0.132. The van der Waals surface area contributed by atoms with Crippen molar-refractivity contribution in [2.75, 3.05) is 26.7 Å². The monoisotopic (exact) mass is 357 g/mol. The van der Waals surface area contributed by atoms with Crippen molar-refractivity contribution >= 4 is 15.9 Å². The highest BCUT2D eigenvalue weighted by molar-refractivity contribution is 7.89. The molecule has 24 heavy (non-hydrogen) atoms. The number of carbonyl (C=O) groups excluding carboxylic acids is 1. The van der Waals surface area contributed by atoms with Gasteiger partial charge in [-0.15, -0.1) is 0 Å². The summed E-state index contributed by atoms with van der Waals surface area (Å²) in [5, 5.41) is 3.00. The third-order valence-electron chi connectivity index (χ3n) is 4.02. The molecule has 1 aromatic carbocycles. The van der Waals surface area contributed by atoms with Crippen LogP contribution in [0.4, 0.5) is 4.39 Å². The first kappa shape index (κ1) is 18.8. The molecule has 2 N–H and O–H groups in total. The molecule has 1 fully saturated rings. The minimum atomic E-state index is -3.79. The van der Waals surface area contributed by atoms with Crippen LogP contribution in [-0.4, -0.2) is 51.9 Å². The van der Waals surface area contributed by atoms with Gasteiger partial charge in [0, 0.05) is 25.6 Å². The molecule has 1 aromatic rings. The number of benzene rings is 1. The highest BCUT2D eigenvalue weighted by atomic mass is 32.2. The fourth-order valence-corrected chi connectivity index (χ4v) is 4.09. The van der Waals surface area contributed by atoms with Gasteiger partial charge >= 0.3 is 0 Å². The third kappa shape index (κ3) is 5.25. The summed E-state index contributed by atoms with van der Waals surface area (Å²) in [6, 6.07) is 4.56. The van der Waals surface area contributed by atoms with E-state index in [4.69, 9.17) is 0 Å². The van der Waals surface area contributed by atoms with Crippen molar-refractivity contribution in [3.8, 4) is 0 Å². The van der Waals surface area contributed by atoms with Crippen LogP contribution >= 0.6 is 0 Å². The van der Waals surface area contributed by atoms with Crippen LogP contribution < -0.4 is 10.0 Å². The molecular formula is C16H24FN3O3S. The van der Waals surface area contributed by atoms with Crippen molar-refractivity contribution in [2.24, 2.45) is 0 Å².